The number of nitrogens with zero attached hydrogens (tertiary/aromatic N) is 1. The van der Waals surface area contributed by atoms with Gasteiger partial charge in [0.15, 0.2) is 0 Å². The van der Waals surface area contributed by atoms with Gasteiger partial charge in [0.25, 0.3) is 0 Å². The maximum absolute atomic E-state index is 13.8. The summed E-state index contributed by atoms with van der Waals surface area (Å²) in [6, 6.07) is 2.85. The first-order chi connectivity index (χ1) is 10.6. The predicted octanol–water partition coefficient (Wildman–Crippen LogP) is 4.52. The van der Waals surface area contributed by atoms with Gasteiger partial charge in [-0.3, -0.25) is 4.98 Å². The molecule has 23 heavy (non-hydrogen) atoms. The van der Waals surface area contributed by atoms with E-state index in [0.717, 1.165) is 17.7 Å². The summed E-state index contributed by atoms with van der Waals surface area (Å²) in [7, 11) is 0. The molecule has 1 aliphatic carbocycles. The maximum atomic E-state index is 13.8. The lowest BCUT2D eigenvalue weighted by molar-refractivity contribution is -0.139. The SMILES string of the molecule is CC1(C)Cc2c(-c3ccc(C(F)(F)F)c(F)c3)cncc2[C@H]1O. The minimum atomic E-state index is -4.72. The van der Waals surface area contributed by atoms with Crippen molar-refractivity contribution in [1.29, 1.82) is 0 Å². The fourth-order valence-electron chi connectivity index (χ4n) is 3.07. The molecule has 1 N–H and O–H groups in total. The van der Waals surface area contributed by atoms with Crippen molar-refractivity contribution in [3.8, 4) is 11.1 Å². The summed E-state index contributed by atoms with van der Waals surface area (Å²) in [5.41, 5.74) is 0.640. The minimum Gasteiger partial charge on any atom is -0.388 e. The summed E-state index contributed by atoms with van der Waals surface area (Å²) >= 11 is 0. The van der Waals surface area contributed by atoms with Gasteiger partial charge in [-0.25, -0.2) is 4.39 Å². The maximum Gasteiger partial charge on any atom is 0.419 e. The molecule has 0 radical (unpaired) electrons. The molecule has 0 fully saturated rings. The van der Waals surface area contributed by atoms with E-state index < -0.39 is 29.1 Å². The van der Waals surface area contributed by atoms with E-state index in [4.69, 9.17) is 0 Å². The van der Waals surface area contributed by atoms with Crippen LogP contribution in [0.2, 0.25) is 0 Å². The number of alkyl halides is 3. The van der Waals surface area contributed by atoms with Crippen LogP contribution in [0.5, 0.6) is 0 Å². The number of aliphatic hydroxyl groups is 1. The molecule has 1 aliphatic rings. The van der Waals surface area contributed by atoms with E-state index in [2.05, 4.69) is 4.98 Å². The second kappa shape index (κ2) is 5.03. The highest BCUT2D eigenvalue weighted by atomic mass is 19.4. The number of fused-ring (bicyclic) bond motifs is 1. The molecule has 0 saturated heterocycles. The zero-order chi connectivity index (χ0) is 17.0. The van der Waals surface area contributed by atoms with E-state index >= 15 is 0 Å². The van der Waals surface area contributed by atoms with Crippen LogP contribution in [-0.4, -0.2) is 10.1 Å². The number of hydrogen-bond donors (Lipinski definition) is 1. The van der Waals surface area contributed by atoms with E-state index in [9.17, 15) is 22.7 Å². The lowest BCUT2D eigenvalue weighted by atomic mass is 9.87. The normalized spacial score (nSPS) is 19.7. The van der Waals surface area contributed by atoms with Gasteiger partial charge in [-0.1, -0.05) is 19.9 Å². The van der Waals surface area contributed by atoms with Crippen LogP contribution in [0.3, 0.4) is 0 Å². The number of aliphatic hydroxyl groups excluding tert-OH is 1. The van der Waals surface area contributed by atoms with Crippen LogP contribution < -0.4 is 0 Å². The summed E-state index contributed by atoms with van der Waals surface area (Å²) in [5, 5.41) is 10.3. The molecule has 6 heteroatoms. The molecule has 0 saturated carbocycles. The van der Waals surface area contributed by atoms with Crippen LogP contribution in [0, 0.1) is 11.2 Å². The molecule has 2 nitrogen and oxygen atoms in total. The van der Waals surface area contributed by atoms with Crippen LogP contribution >= 0.6 is 0 Å². The van der Waals surface area contributed by atoms with Crippen LogP contribution in [0.15, 0.2) is 30.6 Å². The molecular weight excluding hydrogens is 310 g/mol. The topological polar surface area (TPSA) is 33.1 Å². The van der Waals surface area contributed by atoms with Gasteiger partial charge in [-0.05, 0) is 35.1 Å². The summed E-state index contributed by atoms with van der Waals surface area (Å²) < 4.78 is 51.8. The van der Waals surface area contributed by atoms with Crippen LogP contribution in [-0.2, 0) is 12.6 Å². The van der Waals surface area contributed by atoms with Gasteiger partial charge in [0.05, 0.1) is 11.7 Å². The van der Waals surface area contributed by atoms with Crippen molar-refractivity contribution >= 4 is 0 Å². The third-order valence-corrected chi connectivity index (χ3v) is 4.34. The summed E-state index contributed by atoms with van der Waals surface area (Å²) in [6.45, 7) is 3.80. The Hall–Kier alpha value is -1.95. The van der Waals surface area contributed by atoms with Gasteiger partial charge < -0.3 is 5.11 Å². The Morgan fingerprint density at radius 3 is 2.52 bits per heavy atom. The number of halogens is 4. The van der Waals surface area contributed by atoms with Crippen LogP contribution in [0.4, 0.5) is 17.6 Å². The quantitative estimate of drug-likeness (QED) is 0.782. The van der Waals surface area contributed by atoms with E-state index in [1.807, 2.05) is 13.8 Å². The Balaban J connectivity index is 2.11. The Morgan fingerprint density at radius 1 is 1.22 bits per heavy atom. The second-order valence-electron chi connectivity index (χ2n) is 6.52. The molecule has 1 aromatic carbocycles. The Labute approximate surface area is 130 Å². The Bertz CT molecular complexity index is 768. The van der Waals surface area contributed by atoms with Gasteiger partial charge in [-0.2, -0.15) is 13.2 Å². The highest BCUT2D eigenvalue weighted by Gasteiger charge is 2.39. The number of pyridine rings is 1. The predicted molar refractivity (Wildman–Crippen MR) is 77.1 cm³/mol. The number of rotatable bonds is 1. The molecule has 1 heterocycles. The smallest absolute Gasteiger partial charge is 0.388 e. The molecule has 0 spiro atoms. The van der Waals surface area contributed by atoms with Crippen molar-refractivity contribution in [3.63, 3.8) is 0 Å². The number of hydrogen-bond acceptors (Lipinski definition) is 2. The fourth-order valence-corrected chi connectivity index (χ4v) is 3.07. The van der Waals surface area contributed by atoms with E-state index in [-0.39, 0.29) is 0 Å². The molecule has 3 rings (SSSR count). The fraction of sp³-hybridized carbons (Fsp3) is 0.353. The average molecular weight is 325 g/mol. The van der Waals surface area contributed by atoms with Gasteiger partial charge in [-0.15, -0.1) is 0 Å². The van der Waals surface area contributed by atoms with Gasteiger partial charge in [0.2, 0.25) is 0 Å². The highest BCUT2D eigenvalue weighted by Crippen LogP contribution is 2.47. The molecule has 2 aromatic rings. The Kier molecular flexibility index (Phi) is 3.48. The molecule has 0 aliphatic heterocycles. The third kappa shape index (κ3) is 2.61. The van der Waals surface area contributed by atoms with Crippen molar-refractivity contribution in [2.45, 2.75) is 32.5 Å². The monoisotopic (exact) mass is 325 g/mol. The lowest BCUT2D eigenvalue weighted by Gasteiger charge is -2.21. The van der Waals surface area contributed by atoms with Gasteiger partial charge in [0.1, 0.15) is 5.82 Å². The molecule has 1 aromatic heterocycles. The zero-order valence-corrected chi connectivity index (χ0v) is 12.6. The minimum absolute atomic E-state index is 0.324. The number of benzene rings is 1. The second-order valence-corrected chi connectivity index (χ2v) is 6.52. The van der Waals surface area contributed by atoms with Crippen molar-refractivity contribution in [3.05, 3.63) is 53.1 Å². The molecule has 122 valence electrons. The summed E-state index contributed by atoms with van der Waals surface area (Å²) in [6.07, 6.45) is -1.83. The molecular formula is C17H15F4NO. The van der Waals surface area contributed by atoms with Gasteiger partial charge >= 0.3 is 6.18 Å². The first-order valence-electron chi connectivity index (χ1n) is 7.13. The van der Waals surface area contributed by atoms with Crippen LogP contribution in [0.1, 0.15) is 36.6 Å². The van der Waals surface area contributed by atoms with Gasteiger partial charge in [0, 0.05) is 23.5 Å². The van der Waals surface area contributed by atoms with E-state index in [0.29, 0.717) is 23.1 Å². The third-order valence-electron chi connectivity index (χ3n) is 4.34. The summed E-state index contributed by atoms with van der Waals surface area (Å²) in [5.74, 6) is -1.31. The zero-order valence-electron chi connectivity index (χ0n) is 12.6. The standard InChI is InChI=1S/C17H15F4NO/c1-16(2)6-10-11(7-22-8-12(10)15(16)23)9-3-4-13(14(18)5-9)17(19,20)21/h3-5,7-8,15,23H,6H2,1-2H3/t15-/m1/s1. The molecule has 0 bridgehead atoms. The highest BCUT2D eigenvalue weighted by molar-refractivity contribution is 5.69. The van der Waals surface area contributed by atoms with Crippen LogP contribution in [0.25, 0.3) is 11.1 Å². The lowest BCUT2D eigenvalue weighted by Crippen LogP contribution is -2.16. The first kappa shape index (κ1) is 15.9. The summed E-state index contributed by atoms with van der Waals surface area (Å²) in [4.78, 5) is 4.04. The molecule has 0 unspecified atom stereocenters. The van der Waals surface area contributed by atoms with E-state index in [1.165, 1.54) is 12.3 Å². The van der Waals surface area contributed by atoms with Crippen molar-refractivity contribution in [1.82, 2.24) is 4.98 Å². The average Bonchev–Trinajstić information content (AvgIpc) is 2.67. The van der Waals surface area contributed by atoms with E-state index in [1.54, 1.807) is 6.20 Å². The first-order valence-corrected chi connectivity index (χ1v) is 7.13. The van der Waals surface area contributed by atoms with Crippen molar-refractivity contribution in [2.75, 3.05) is 0 Å². The van der Waals surface area contributed by atoms with Crippen molar-refractivity contribution < 1.29 is 22.7 Å². The largest absolute Gasteiger partial charge is 0.419 e. The molecule has 0 amide bonds. The number of aromatic nitrogens is 1. The molecule has 1 atom stereocenters. The Morgan fingerprint density at radius 2 is 1.91 bits per heavy atom. The van der Waals surface area contributed by atoms with Crippen molar-refractivity contribution in [2.24, 2.45) is 5.41 Å².